The molecule has 9 nitrogen and oxygen atoms in total. The van der Waals surface area contributed by atoms with Crippen molar-refractivity contribution in [1.82, 2.24) is 29.4 Å². The second-order valence-corrected chi connectivity index (χ2v) is 7.52. The Kier molecular flexibility index (Phi) is 4.85. The van der Waals surface area contributed by atoms with Crippen LogP contribution in [0.25, 0.3) is 17.0 Å². The lowest BCUT2D eigenvalue weighted by Gasteiger charge is -2.35. The van der Waals surface area contributed by atoms with Gasteiger partial charge in [-0.05, 0) is 31.2 Å². The van der Waals surface area contributed by atoms with Crippen molar-refractivity contribution in [3.8, 4) is 11.4 Å². The average Bonchev–Trinajstić information content (AvgIpc) is 3.42. The van der Waals surface area contributed by atoms with Crippen molar-refractivity contribution in [3.63, 3.8) is 0 Å². The van der Waals surface area contributed by atoms with Gasteiger partial charge < -0.3 is 14.3 Å². The molecule has 31 heavy (non-hydrogen) atoms. The highest BCUT2D eigenvalue weighted by Crippen LogP contribution is 2.21. The summed E-state index contributed by atoms with van der Waals surface area (Å²) in [5.41, 5.74) is 3.00. The van der Waals surface area contributed by atoms with Gasteiger partial charge in [0.15, 0.2) is 0 Å². The predicted molar refractivity (Wildman–Crippen MR) is 115 cm³/mol. The molecule has 1 aliphatic rings. The highest BCUT2D eigenvalue weighted by molar-refractivity contribution is 5.94. The Morgan fingerprint density at radius 1 is 1.10 bits per heavy atom. The number of aryl methyl sites for hydroxylation is 2. The Hall–Kier alpha value is -3.75. The monoisotopic (exact) mass is 417 g/mol. The fourth-order valence-corrected chi connectivity index (χ4v) is 3.88. The Labute approximate surface area is 179 Å². The van der Waals surface area contributed by atoms with Crippen LogP contribution in [0.2, 0.25) is 0 Å². The van der Waals surface area contributed by atoms with E-state index >= 15 is 0 Å². The Morgan fingerprint density at radius 3 is 2.65 bits per heavy atom. The van der Waals surface area contributed by atoms with E-state index in [9.17, 15) is 4.79 Å². The van der Waals surface area contributed by atoms with Gasteiger partial charge in [-0.3, -0.25) is 9.20 Å². The number of hydrogen-bond donors (Lipinski definition) is 0. The molecular weight excluding hydrogens is 394 g/mol. The van der Waals surface area contributed by atoms with Crippen LogP contribution in [0.1, 0.15) is 29.0 Å². The smallest absolute Gasteiger partial charge is 0.272 e. The van der Waals surface area contributed by atoms with E-state index in [2.05, 4.69) is 25.0 Å². The van der Waals surface area contributed by atoms with E-state index in [-0.39, 0.29) is 5.91 Å². The van der Waals surface area contributed by atoms with E-state index in [1.54, 1.807) is 6.20 Å². The molecule has 1 amide bonds. The molecule has 0 aliphatic carbocycles. The van der Waals surface area contributed by atoms with E-state index in [0.29, 0.717) is 36.9 Å². The molecule has 0 saturated carbocycles. The third-order valence-electron chi connectivity index (χ3n) is 5.57. The molecular formula is C22H23N7O2. The number of imidazole rings is 1. The summed E-state index contributed by atoms with van der Waals surface area (Å²) < 4.78 is 7.04. The molecule has 1 aliphatic heterocycles. The Balaban J connectivity index is 1.27. The molecule has 0 N–H and O–H groups in total. The lowest BCUT2D eigenvalue weighted by atomic mass is 10.2. The molecule has 1 fully saturated rings. The average molecular weight is 417 g/mol. The minimum Gasteiger partial charge on any atom is -0.353 e. The van der Waals surface area contributed by atoms with E-state index in [1.807, 2.05) is 59.7 Å². The Bertz CT molecular complexity index is 1220. The molecule has 0 bridgehead atoms. The van der Waals surface area contributed by atoms with Crippen molar-refractivity contribution in [1.29, 1.82) is 0 Å². The molecule has 0 aromatic carbocycles. The zero-order valence-electron chi connectivity index (χ0n) is 17.5. The molecule has 4 aromatic rings. The summed E-state index contributed by atoms with van der Waals surface area (Å²) in [7, 11) is 0. The first-order chi connectivity index (χ1) is 15.1. The fraction of sp³-hybridized carbons (Fsp3) is 0.318. The van der Waals surface area contributed by atoms with Gasteiger partial charge in [-0.2, -0.15) is 4.98 Å². The standard InChI is InChI=1S/C22H23N7O2/c1-3-19-25-21(26-31-19)16-7-8-17(23-14-16)27-10-12-28(13-11-27)22(30)20-15(2)24-18-6-4-5-9-29(18)20/h4-9,14H,3,10-13H2,1-2H3. The summed E-state index contributed by atoms with van der Waals surface area (Å²) in [6.45, 7) is 6.56. The number of anilines is 1. The first-order valence-electron chi connectivity index (χ1n) is 10.4. The van der Waals surface area contributed by atoms with Gasteiger partial charge >= 0.3 is 0 Å². The lowest BCUT2D eigenvalue weighted by Crippen LogP contribution is -2.49. The maximum atomic E-state index is 13.2. The molecule has 9 heteroatoms. The van der Waals surface area contributed by atoms with E-state index in [4.69, 9.17) is 4.52 Å². The van der Waals surface area contributed by atoms with Gasteiger partial charge in [0.05, 0.1) is 5.69 Å². The SMILES string of the molecule is CCc1nc(-c2ccc(N3CCN(C(=O)c4c(C)nc5ccccn45)CC3)nc2)no1. The number of nitrogens with zero attached hydrogens (tertiary/aromatic N) is 7. The highest BCUT2D eigenvalue weighted by atomic mass is 16.5. The molecule has 0 atom stereocenters. The number of hydrogen-bond acceptors (Lipinski definition) is 7. The van der Waals surface area contributed by atoms with Gasteiger partial charge in [-0.25, -0.2) is 9.97 Å². The highest BCUT2D eigenvalue weighted by Gasteiger charge is 2.26. The van der Waals surface area contributed by atoms with Crippen LogP contribution in [0.5, 0.6) is 0 Å². The maximum Gasteiger partial charge on any atom is 0.272 e. The number of pyridine rings is 2. The lowest BCUT2D eigenvalue weighted by molar-refractivity contribution is 0.0738. The van der Waals surface area contributed by atoms with Crippen molar-refractivity contribution < 1.29 is 9.32 Å². The van der Waals surface area contributed by atoms with Crippen LogP contribution in [-0.4, -0.2) is 61.5 Å². The number of amides is 1. The second kappa shape index (κ2) is 7.82. The van der Waals surface area contributed by atoms with Gasteiger partial charge in [0.25, 0.3) is 5.91 Å². The second-order valence-electron chi connectivity index (χ2n) is 7.52. The number of carbonyl (C=O) groups is 1. The molecule has 1 saturated heterocycles. The molecule has 0 spiro atoms. The van der Waals surface area contributed by atoms with E-state index < -0.39 is 0 Å². The van der Waals surface area contributed by atoms with Crippen LogP contribution in [0.15, 0.2) is 47.2 Å². The summed E-state index contributed by atoms with van der Waals surface area (Å²) in [5, 5.41) is 3.99. The van der Waals surface area contributed by atoms with Crippen molar-refractivity contribution in [2.45, 2.75) is 20.3 Å². The molecule has 0 radical (unpaired) electrons. The normalized spacial score (nSPS) is 14.4. The fourth-order valence-electron chi connectivity index (χ4n) is 3.88. The van der Waals surface area contributed by atoms with Crippen molar-refractivity contribution in [2.75, 3.05) is 31.1 Å². The van der Waals surface area contributed by atoms with Gasteiger partial charge in [-0.1, -0.05) is 18.1 Å². The maximum absolute atomic E-state index is 13.2. The predicted octanol–water partition coefficient (Wildman–Crippen LogP) is 2.61. The third-order valence-corrected chi connectivity index (χ3v) is 5.57. The van der Waals surface area contributed by atoms with E-state index in [1.165, 1.54) is 0 Å². The minimum atomic E-state index is 0.0167. The van der Waals surface area contributed by atoms with Gasteiger partial charge in [-0.15, -0.1) is 0 Å². The largest absolute Gasteiger partial charge is 0.353 e. The number of fused-ring (bicyclic) bond motifs is 1. The number of rotatable bonds is 4. The Morgan fingerprint density at radius 2 is 1.94 bits per heavy atom. The van der Waals surface area contributed by atoms with Crippen LogP contribution in [0, 0.1) is 6.92 Å². The first kappa shape index (κ1) is 19.2. The molecule has 5 heterocycles. The molecule has 158 valence electrons. The van der Waals surface area contributed by atoms with Crippen LogP contribution in [-0.2, 0) is 6.42 Å². The molecule has 5 rings (SSSR count). The van der Waals surface area contributed by atoms with Gasteiger partial charge in [0.1, 0.15) is 17.2 Å². The first-order valence-corrected chi connectivity index (χ1v) is 10.4. The summed E-state index contributed by atoms with van der Waals surface area (Å²) >= 11 is 0. The number of carbonyl (C=O) groups excluding carboxylic acids is 1. The van der Waals surface area contributed by atoms with Crippen LogP contribution in [0.4, 0.5) is 5.82 Å². The molecule has 0 unspecified atom stereocenters. The zero-order valence-corrected chi connectivity index (χ0v) is 17.5. The zero-order chi connectivity index (χ0) is 21.4. The summed E-state index contributed by atoms with van der Waals surface area (Å²) in [6, 6.07) is 9.66. The van der Waals surface area contributed by atoms with Crippen LogP contribution >= 0.6 is 0 Å². The molecule has 4 aromatic heterocycles. The van der Waals surface area contributed by atoms with Gasteiger partial charge in [0.2, 0.25) is 11.7 Å². The summed E-state index contributed by atoms with van der Waals surface area (Å²) in [6.07, 6.45) is 4.35. The minimum absolute atomic E-state index is 0.0167. The van der Waals surface area contributed by atoms with Crippen LogP contribution in [0.3, 0.4) is 0 Å². The topological polar surface area (TPSA) is 92.7 Å². The summed E-state index contributed by atoms with van der Waals surface area (Å²) in [5.74, 6) is 2.06. The number of piperazine rings is 1. The number of aromatic nitrogens is 5. The van der Waals surface area contributed by atoms with Gasteiger partial charge in [0, 0.05) is 50.6 Å². The van der Waals surface area contributed by atoms with E-state index in [0.717, 1.165) is 35.8 Å². The van der Waals surface area contributed by atoms with Crippen molar-refractivity contribution in [3.05, 3.63) is 60.0 Å². The third kappa shape index (κ3) is 3.52. The summed E-state index contributed by atoms with van der Waals surface area (Å²) in [4.78, 5) is 30.7. The van der Waals surface area contributed by atoms with Crippen LogP contribution < -0.4 is 4.90 Å². The quantitative estimate of drug-likeness (QED) is 0.504. The van der Waals surface area contributed by atoms with Crippen molar-refractivity contribution >= 4 is 17.4 Å². The van der Waals surface area contributed by atoms with Crippen molar-refractivity contribution in [2.24, 2.45) is 0 Å².